The van der Waals surface area contributed by atoms with Gasteiger partial charge in [0, 0.05) is 21.2 Å². The highest BCUT2D eigenvalue weighted by Crippen LogP contribution is 2.24. The second kappa shape index (κ2) is 8.78. The molecule has 7 heteroatoms. The molecular weight excluding hydrogens is 423 g/mol. The summed E-state index contributed by atoms with van der Waals surface area (Å²) in [4.78, 5) is 12.2. The Hall–Kier alpha value is -3.02. The van der Waals surface area contributed by atoms with Gasteiger partial charge in [-0.3, -0.25) is 0 Å². The smallest absolute Gasteiger partial charge is 0.437 e. The Balaban J connectivity index is 1.45. The summed E-state index contributed by atoms with van der Waals surface area (Å²) in [7, 11) is 0. The quantitative estimate of drug-likeness (QED) is 0.383. The fourth-order valence-electron chi connectivity index (χ4n) is 2.88. The number of ether oxygens (including phenoxy) is 1. The van der Waals surface area contributed by atoms with Crippen LogP contribution in [0.1, 0.15) is 16.7 Å². The van der Waals surface area contributed by atoms with E-state index in [1.54, 1.807) is 36.4 Å². The molecule has 0 amide bonds. The molecule has 1 heterocycles. The number of aryl methyl sites for hydroxylation is 1. The summed E-state index contributed by atoms with van der Waals surface area (Å²) in [6.45, 7) is 2.68. The van der Waals surface area contributed by atoms with Crippen LogP contribution in [0.5, 0.6) is 5.75 Å². The van der Waals surface area contributed by atoms with Crippen molar-refractivity contribution >= 4 is 23.2 Å². The van der Waals surface area contributed by atoms with E-state index in [4.69, 9.17) is 32.4 Å². The van der Waals surface area contributed by atoms with Crippen molar-refractivity contribution < 1.29 is 9.15 Å². The third-order valence-electron chi connectivity index (χ3n) is 4.57. The summed E-state index contributed by atoms with van der Waals surface area (Å²) in [5, 5.41) is 5.44. The Bertz CT molecular complexity index is 1210. The van der Waals surface area contributed by atoms with Crippen LogP contribution >= 0.6 is 23.2 Å². The molecule has 4 rings (SSSR count). The van der Waals surface area contributed by atoms with Crippen molar-refractivity contribution in [2.45, 2.75) is 20.1 Å². The topological polar surface area (TPSA) is 57.3 Å². The minimum absolute atomic E-state index is 0.263. The molecule has 0 saturated heterocycles. The molecule has 152 valence electrons. The molecule has 3 aromatic carbocycles. The van der Waals surface area contributed by atoms with Gasteiger partial charge in [-0.15, -0.1) is 5.10 Å². The largest absolute Gasteiger partial charge is 0.489 e. The van der Waals surface area contributed by atoms with Gasteiger partial charge in [0.1, 0.15) is 12.4 Å². The van der Waals surface area contributed by atoms with Crippen LogP contribution in [0.25, 0.3) is 11.5 Å². The van der Waals surface area contributed by atoms with E-state index in [9.17, 15) is 4.79 Å². The predicted molar refractivity (Wildman–Crippen MR) is 117 cm³/mol. The lowest BCUT2D eigenvalue weighted by Gasteiger charge is -2.08. The van der Waals surface area contributed by atoms with Gasteiger partial charge in [0.25, 0.3) is 0 Å². The van der Waals surface area contributed by atoms with Crippen molar-refractivity contribution in [2.75, 3.05) is 0 Å². The van der Waals surface area contributed by atoms with Gasteiger partial charge in [-0.1, -0.05) is 59.1 Å². The molecule has 0 N–H and O–H groups in total. The maximum Gasteiger partial charge on any atom is 0.437 e. The molecule has 5 nitrogen and oxygen atoms in total. The van der Waals surface area contributed by atoms with Crippen molar-refractivity contribution in [3.63, 3.8) is 0 Å². The van der Waals surface area contributed by atoms with E-state index < -0.39 is 5.76 Å². The SMILES string of the molecule is Cc1ccc(Cn2nc(-c3ccc(OCc4ccc(Cl)cc4Cl)cc3)oc2=O)cc1. The fourth-order valence-corrected chi connectivity index (χ4v) is 3.35. The zero-order valence-electron chi connectivity index (χ0n) is 16.1. The van der Waals surface area contributed by atoms with E-state index in [0.717, 1.165) is 16.7 Å². The van der Waals surface area contributed by atoms with Gasteiger partial charge >= 0.3 is 5.76 Å². The monoisotopic (exact) mass is 440 g/mol. The Morgan fingerprint density at radius 1 is 1.00 bits per heavy atom. The highest BCUT2D eigenvalue weighted by molar-refractivity contribution is 6.35. The van der Waals surface area contributed by atoms with Crippen molar-refractivity contribution in [3.05, 3.63) is 104 Å². The van der Waals surface area contributed by atoms with Crippen LogP contribution in [-0.2, 0) is 13.2 Å². The van der Waals surface area contributed by atoms with Crippen molar-refractivity contribution in [1.82, 2.24) is 9.78 Å². The van der Waals surface area contributed by atoms with Crippen LogP contribution in [0.15, 0.2) is 75.9 Å². The Morgan fingerprint density at radius 3 is 2.43 bits per heavy atom. The molecule has 0 aliphatic rings. The standard InChI is InChI=1S/C23H18Cl2N2O3/c1-15-2-4-16(5-3-15)13-27-23(28)30-22(26-27)17-7-10-20(11-8-17)29-14-18-6-9-19(24)12-21(18)25/h2-12H,13-14H2,1H3. The highest BCUT2D eigenvalue weighted by atomic mass is 35.5. The van der Waals surface area contributed by atoms with Gasteiger partial charge in [0.15, 0.2) is 0 Å². The lowest BCUT2D eigenvalue weighted by Crippen LogP contribution is -2.16. The van der Waals surface area contributed by atoms with Gasteiger partial charge in [-0.05, 0) is 48.9 Å². The minimum Gasteiger partial charge on any atom is -0.489 e. The van der Waals surface area contributed by atoms with Crippen molar-refractivity contribution in [3.8, 4) is 17.2 Å². The van der Waals surface area contributed by atoms with E-state index in [1.807, 2.05) is 37.3 Å². The predicted octanol–water partition coefficient (Wildman–Crippen LogP) is 5.75. The number of hydrogen-bond acceptors (Lipinski definition) is 4. The Labute approximate surface area is 183 Å². The van der Waals surface area contributed by atoms with E-state index in [1.165, 1.54) is 4.68 Å². The van der Waals surface area contributed by atoms with Crippen LogP contribution in [-0.4, -0.2) is 9.78 Å². The first kappa shape index (κ1) is 20.3. The first-order valence-corrected chi connectivity index (χ1v) is 10.0. The summed E-state index contributed by atoms with van der Waals surface area (Å²) in [5.41, 5.74) is 3.66. The average molecular weight is 441 g/mol. The molecule has 0 unspecified atom stereocenters. The van der Waals surface area contributed by atoms with E-state index in [0.29, 0.717) is 34.5 Å². The van der Waals surface area contributed by atoms with Crippen LogP contribution in [0.4, 0.5) is 0 Å². The van der Waals surface area contributed by atoms with E-state index in [2.05, 4.69) is 5.10 Å². The molecule has 1 aromatic heterocycles. The minimum atomic E-state index is -0.497. The molecule has 30 heavy (non-hydrogen) atoms. The summed E-state index contributed by atoms with van der Waals surface area (Å²) in [5.74, 6) is 0.425. The summed E-state index contributed by atoms with van der Waals surface area (Å²) in [6, 6.07) is 20.4. The van der Waals surface area contributed by atoms with Gasteiger partial charge in [0.2, 0.25) is 5.89 Å². The number of hydrogen-bond donors (Lipinski definition) is 0. The van der Waals surface area contributed by atoms with Crippen molar-refractivity contribution in [2.24, 2.45) is 0 Å². The summed E-state index contributed by atoms with van der Waals surface area (Å²) >= 11 is 12.1. The number of aromatic nitrogens is 2. The number of rotatable bonds is 6. The second-order valence-electron chi connectivity index (χ2n) is 6.87. The summed E-state index contributed by atoms with van der Waals surface area (Å²) in [6.07, 6.45) is 0. The molecule has 0 fully saturated rings. The van der Waals surface area contributed by atoms with E-state index in [-0.39, 0.29) is 5.89 Å². The zero-order valence-corrected chi connectivity index (χ0v) is 17.7. The first-order valence-electron chi connectivity index (χ1n) is 9.28. The molecule has 4 aromatic rings. The third-order valence-corrected chi connectivity index (χ3v) is 5.16. The Morgan fingerprint density at radius 2 is 1.73 bits per heavy atom. The van der Waals surface area contributed by atoms with Gasteiger partial charge in [-0.2, -0.15) is 4.68 Å². The normalized spacial score (nSPS) is 10.9. The maximum absolute atomic E-state index is 12.2. The second-order valence-corrected chi connectivity index (χ2v) is 7.71. The number of nitrogens with zero attached hydrogens (tertiary/aromatic N) is 2. The maximum atomic E-state index is 12.2. The number of benzene rings is 3. The molecule has 0 aliphatic carbocycles. The van der Waals surface area contributed by atoms with Crippen LogP contribution < -0.4 is 10.5 Å². The molecule has 0 radical (unpaired) electrons. The van der Waals surface area contributed by atoms with Crippen LogP contribution in [0.2, 0.25) is 10.0 Å². The van der Waals surface area contributed by atoms with E-state index >= 15 is 0 Å². The van der Waals surface area contributed by atoms with Crippen molar-refractivity contribution in [1.29, 1.82) is 0 Å². The average Bonchev–Trinajstić information content (AvgIpc) is 3.10. The number of halogens is 2. The lowest BCUT2D eigenvalue weighted by atomic mass is 10.1. The zero-order chi connectivity index (χ0) is 21.1. The van der Waals surface area contributed by atoms with Crippen LogP contribution in [0, 0.1) is 6.92 Å². The first-order chi connectivity index (χ1) is 14.5. The van der Waals surface area contributed by atoms with Gasteiger partial charge in [0.05, 0.1) is 6.54 Å². The molecular formula is C23H18Cl2N2O3. The molecule has 0 spiro atoms. The lowest BCUT2D eigenvalue weighted by molar-refractivity contribution is 0.306. The van der Waals surface area contributed by atoms with Gasteiger partial charge < -0.3 is 9.15 Å². The highest BCUT2D eigenvalue weighted by Gasteiger charge is 2.11. The molecule has 0 saturated carbocycles. The van der Waals surface area contributed by atoms with Crippen LogP contribution in [0.3, 0.4) is 0 Å². The third kappa shape index (κ3) is 4.75. The Kier molecular flexibility index (Phi) is 5.93. The molecule has 0 aliphatic heterocycles. The summed E-state index contributed by atoms with van der Waals surface area (Å²) < 4.78 is 12.4. The van der Waals surface area contributed by atoms with Gasteiger partial charge in [-0.25, -0.2) is 4.79 Å². The molecule has 0 atom stereocenters. The molecule has 0 bridgehead atoms. The fraction of sp³-hybridized carbons (Fsp3) is 0.130.